The molecule has 19 heavy (non-hydrogen) atoms. The summed E-state index contributed by atoms with van der Waals surface area (Å²) in [6.45, 7) is 0.185. The molecule has 0 fully saturated rings. The highest BCUT2D eigenvalue weighted by Crippen LogP contribution is 2.17. The Labute approximate surface area is 115 Å². The summed E-state index contributed by atoms with van der Waals surface area (Å²) in [6.07, 6.45) is 1.71. The molecule has 0 saturated heterocycles. The second-order valence-electron chi connectivity index (χ2n) is 4.02. The second-order valence-corrected chi connectivity index (χ2v) is 6.24. The number of benzene rings is 1. The quantitative estimate of drug-likeness (QED) is 0.891. The van der Waals surface area contributed by atoms with Gasteiger partial charge in [0.05, 0.1) is 17.3 Å². The molecule has 2 rings (SSSR count). The Morgan fingerprint density at radius 3 is 2.74 bits per heavy atom. The molecule has 102 valence electrons. The van der Waals surface area contributed by atoms with Gasteiger partial charge >= 0.3 is 0 Å². The minimum Gasteiger partial charge on any atom is -0.364 e. The summed E-state index contributed by atoms with van der Waals surface area (Å²) in [5.74, 6) is -0.810. The molecule has 1 aromatic carbocycles. The van der Waals surface area contributed by atoms with Crippen molar-refractivity contribution in [3.8, 4) is 0 Å². The molecule has 1 aromatic heterocycles. The van der Waals surface area contributed by atoms with Gasteiger partial charge in [-0.15, -0.1) is 0 Å². The molecule has 2 N–H and O–H groups in total. The molecule has 0 aliphatic rings. The van der Waals surface area contributed by atoms with E-state index < -0.39 is 15.8 Å². The first-order valence-electron chi connectivity index (χ1n) is 5.50. The maximum absolute atomic E-state index is 13.0. The largest absolute Gasteiger partial charge is 0.364 e. The first-order valence-corrected chi connectivity index (χ1v) is 7.53. The Morgan fingerprint density at radius 1 is 1.32 bits per heavy atom. The molecule has 0 atom stereocenters. The minimum absolute atomic E-state index is 0.0860. The number of H-pyrrole nitrogens is 1. The molecule has 4 nitrogen and oxygen atoms in total. The van der Waals surface area contributed by atoms with Gasteiger partial charge < -0.3 is 4.98 Å². The molecule has 0 unspecified atom stereocenters. The van der Waals surface area contributed by atoms with E-state index in [9.17, 15) is 12.8 Å². The van der Waals surface area contributed by atoms with E-state index in [-0.39, 0.29) is 17.3 Å². The standard InChI is InChI=1S/C12H12ClFN2O2S/c13-11-6-9(3-4-12(11)14)8-19(17,18)16-7-10-2-1-5-15-10/h1-6,15-16H,7-8H2. The van der Waals surface area contributed by atoms with Gasteiger partial charge in [0.25, 0.3) is 0 Å². The number of aromatic nitrogens is 1. The second kappa shape index (κ2) is 5.73. The van der Waals surface area contributed by atoms with Crippen molar-refractivity contribution in [1.29, 1.82) is 0 Å². The van der Waals surface area contributed by atoms with Crippen LogP contribution in [0.5, 0.6) is 0 Å². The van der Waals surface area contributed by atoms with Gasteiger partial charge in [-0.05, 0) is 29.8 Å². The number of halogens is 2. The molecule has 0 amide bonds. The number of aromatic amines is 1. The van der Waals surface area contributed by atoms with Crippen LogP contribution >= 0.6 is 11.6 Å². The molecule has 0 aliphatic heterocycles. The van der Waals surface area contributed by atoms with Crippen LogP contribution in [0.3, 0.4) is 0 Å². The molecule has 1 heterocycles. The molecule has 0 spiro atoms. The van der Waals surface area contributed by atoms with Crippen molar-refractivity contribution in [3.05, 3.63) is 58.6 Å². The van der Waals surface area contributed by atoms with Crippen LogP contribution in [0.4, 0.5) is 4.39 Å². The van der Waals surface area contributed by atoms with E-state index in [4.69, 9.17) is 11.6 Å². The van der Waals surface area contributed by atoms with Gasteiger partial charge in [0.15, 0.2) is 0 Å². The minimum atomic E-state index is -3.49. The highest BCUT2D eigenvalue weighted by Gasteiger charge is 2.12. The van der Waals surface area contributed by atoms with Crippen LogP contribution in [0, 0.1) is 5.82 Å². The van der Waals surface area contributed by atoms with Gasteiger partial charge in [0.2, 0.25) is 10.0 Å². The predicted molar refractivity (Wildman–Crippen MR) is 71.7 cm³/mol. The summed E-state index contributed by atoms with van der Waals surface area (Å²) in [6, 6.07) is 7.42. The molecule has 2 aromatic rings. The molecule has 7 heteroatoms. The maximum Gasteiger partial charge on any atom is 0.216 e. The molecule has 0 bridgehead atoms. The van der Waals surface area contributed by atoms with Crippen molar-refractivity contribution in [2.45, 2.75) is 12.3 Å². The van der Waals surface area contributed by atoms with Crippen LogP contribution in [0.1, 0.15) is 11.3 Å². The lowest BCUT2D eigenvalue weighted by atomic mass is 10.2. The Bertz CT molecular complexity index is 656. The Morgan fingerprint density at radius 2 is 2.11 bits per heavy atom. The molecule has 0 aliphatic carbocycles. The maximum atomic E-state index is 13.0. The lowest BCUT2D eigenvalue weighted by molar-refractivity contribution is 0.579. The van der Waals surface area contributed by atoms with Gasteiger partial charge in [0, 0.05) is 11.9 Å². The predicted octanol–water partition coefficient (Wildman–Crippen LogP) is 2.43. The first kappa shape index (κ1) is 14.0. The van der Waals surface area contributed by atoms with Crippen molar-refractivity contribution in [1.82, 2.24) is 9.71 Å². The molecule has 0 radical (unpaired) electrons. The van der Waals surface area contributed by atoms with E-state index in [1.165, 1.54) is 12.1 Å². The Hall–Kier alpha value is -1.37. The Balaban J connectivity index is 2.02. The number of sulfonamides is 1. The summed E-state index contributed by atoms with van der Waals surface area (Å²) in [7, 11) is -3.49. The normalized spacial score (nSPS) is 11.7. The van der Waals surface area contributed by atoms with E-state index in [2.05, 4.69) is 9.71 Å². The van der Waals surface area contributed by atoms with E-state index in [1.54, 1.807) is 18.3 Å². The zero-order valence-corrected chi connectivity index (χ0v) is 11.4. The van der Waals surface area contributed by atoms with Crippen LogP contribution in [0.2, 0.25) is 5.02 Å². The third-order valence-electron chi connectivity index (χ3n) is 2.49. The third-order valence-corrected chi connectivity index (χ3v) is 4.07. The van der Waals surface area contributed by atoms with Crippen molar-refractivity contribution in [3.63, 3.8) is 0 Å². The van der Waals surface area contributed by atoms with Gasteiger partial charge in [0.1, 0.15) is 5.82 Å². The fourth-order valence-electron chi connectivity index (χ4n) is 1.57. The van der Waals surface area contributed by atoms with Crippen molar-refractivity contribution >= 4 is 21.6 Å². The monoisotopic (exact) mass is 302 g/mol. The van der Waals surface area contributed by atoms with Crippen LogP contribution in [-0.2, 0) is 22.3 Å². The summed E-state index contributed by atoms with van der Waals surface area (Å²) in [5, 5.41) is -0.0860. The average molecular weight is 303 g/mol. The van der Waals surface area contributed by atoms with Crippen LogP contribution in [0.15, 0.2) is 36.5 Å². The number of nitrogens with one attached hydrogen (secondary N) is 2. The number of hydrogen-bond donors (Lipinski definition) is 2. The smallest absolute Gasteiger partial charge is 0.216 e. The van der Waals surface area contributed by atoms with E-state index in [1.807, 2.05) is 0 Å². The highest BCUT2D eigenvalue weighted by molar-refractivity contribution is 7.88. The van der Waals surface area contributed by atoms with Crippen molar-refractivity contribution in [2.24, 2.45) is 0 Å². The topological polar surface area (TPSA) is 62.0 Å². The highest BCUT2D eigenvalue weighted by atomic mass is 35.5. The Kier molecular flexibility index (Phi) is 4.24. The molecule has 0 saturated carbocycles. The van der Waals surface area contributed by atoms with E-state index >= 15 is 0 Å². The molecular formula is C12H12ClFN2O2S. The van der Waals surface area contributed by atoms with Gasteiger partial charge in [-0.25, -0.2) is 17.5 Å². The van der Waals surface area contributed by atoms with Gasteiger partial charge in [-0.3, -0.25) is 0 Å². The fraction of sp³-hybridized carbons (Fsp3) is 0.167. The zero-order valence-electron chi connectivity index (χ0n) is 9.86. The number of rotatable bonds is 5. The summed E-state index contributed by atoms with van der Waals surface area (Å²) >= 11 is 5.61. The van der Waals surface area contributed by atoms with Crippen molar-refractivity contribution in [2.75, 3.05) is 0 Å². The first-order chi connectivity index (χ1) is 8.96. The fourth-order valence-corrected chi connectivity index (χ4v) is 2.86. The van der Waals surface area contributed by atoms with Gasteiger partial charge in [-0.1, -0.05) is 17.7 Å². The average Bonchev–Trinajstić information content (AvgIpc) is 2.84. The van der Waals surface area contributed by atoms with Crippen LogP contribution < -0.4 is 4.72 Å². The van der Waals surface area contributed by atoms with Crippen molar-refractivity contribution < 1.29 is 12.8 Å². The lowest BCUT2D eigenvalue weighted by Gasteiger charge is -2.06. The van der Waals surface area contributed by atoms with Crippen LogP contribution in [-0.4, -0.2) is 13.4 Å². The number of hydrogen-bond acceptors (Lipinski definition) is 2. The van der Waals surface area contributed by atoms with Gasteiger partial charge in [-0.2, -0.15) is 0 Å². The summed E-state index contributed by atoms with van der Waals surface area (Å²) in [4.78, 5) is 2.89. The van der Waals surface area contributed by atoms with E-state index in [0.29, 0.717) is 5.56 Å². The summed E-state index contributed by atoms with van der Waals surface area (Å²) < 4.78 is 39.1. The van der Waals surface area contributed by atoms with E-state index in [0.717, 1.165) is 11.8 Å². The molecular weight excluding hydrogens is 291 g/mol. The lowest BCUT2D eigenvalue weighted by Crippen LogP contribution is -2.24. The third kappa shape index (κ3) is 4.05. The summed E-state index contributed by atoms with van der Waals surface area (Å²) in [5.41, 5.74) is 1.20. The SMILES string of the molecule is O=S(=O)(Cc1ccc(F)c(Cl)c1)NCc1ccc[nH]1. The zero-order chi connectivity index (χ0) is 13.9. The van der Waals surface area contributed by atoms with Crippen LogP contribution in [0.25, 0.3) is 0 Å².